The van der Waals surface area contributed by atoms with Crippen LogP contribution in [0, 0.1) is 6.92 Å². The Bertz CT molecular complexity index is 978. The number of ether oxygens (including phenoxy) is 1. The van der Waals surface area contributed by atoms with Crippen LogP contribution in [0.25, 0.3) is 0 Å². The quantitative estimate of drug-likeness (QED) is 0.370. The molecule has 0 spiro atoms. The molecule has 0 aliphatic heterocycles. The van der Waals surface area contributed by atoms with E-state index in [1.807, 2.05) is 37.3 Å². The molecule has 0 amide bonds. The van der Waals surface area contributed by atoms with E-state index >= 15 is 0 Å². The van der Waals surface area contributed by atoms with Crippen LogP contribution in [-0.2, 0) is 6.61 Å². The second-order valence-corrected chi connectivity index (χ2v) is 7.51. The summed E-state index contributed by atoms with van der Waals surface area (Å²) >= 11 is 25.0. The molecule has 138 valence electrons. The van der Waals surface area contributed by atoms with Crippen LogP contribution in [0.15, 0.2) is 59.6 Å². The van der Waals surface area contributed by atoms with Crippen LogP contribution in [0.4, 0.5) is 5.69 Å². The van der Waals surface area contributed by atoms with Crippen LogP contribution in [0.1, 0.15) is 16.7 Å². The first-order valence-electron chi connectivity index (χ1n) is 8.09. The molecule has 0 N–H and O–H groups in total. The normalized spacial score (nSPS) is 11.1. The van der Waals surface area contributed by atoms with Crippen LogP contribution in [0.5, 0.6) is 5.75 Å². The lowest BCUT2D eigenvalue weighted by Crippen LogP contribution is -1.98. The third kappa shape index (κ3) is 5.18. The summed E-state index contributed by atoms with van der Waals surface area (Å²) < 4.78 is 5.77. The predicted molar refractivity (Wildman–Crippen MR) is 116 cm³/mol. The molecule has 0 aliphatic carbocycles. The Hall–Kier alpha value is -1.71. The highest BCUT2D eigenvalue weighted by Gasteiger charge is 2.10. The van der Waals surface area contributed by atoms with Crippen molar-refractivity contribution in [3.63, 3.8) is 0 Å². The average molecular weight is 439 g/mol. The maximum absolute atomic E-state index is 6.34. The first kappa shape index (κ1) is 20.0. The molecule has 3 aromatic rings. The highest BCUT2D eigenvalue weighted by molar-refractivity contribution is 6.37. The molecule has 0 aliphatic rings. The highest BCUT2D eigenvalue weighted by atomic mass is 35.5. The Morgan fingerprint density at radius 3 is 2.22 bits per heavy atom. The molecule has 0 unspecified atom stereocenters. The van der Waals surface area contributed by atoms with Crippen molar-refractivity contribution in [1.29, 1.82) is 0 Å². The second kappa shape index (κ2) is 8.99. The summed E-state index contributed by atoms with van der Waals surface area (Å²) in [6.45, 7) is 2.21. The fourth-order valence-electron chi connectivity index (χ4n) is 2.37. The maximum Gasteiger partial charge on any atom is 0.157 e. The van der Waals surface area contributed by atoms with Gasteiger partial charge in [-0.25, -0.2) is 0 Å². The molecule has 0 saturated carbocycles. The lowest BCUT2D eigenvalue weighted by Gasteiger charge is -2.11. The van der Waals surface area contributed by atoms with Crippen LogP contribution in [-0.4, -0.2) is 6.21 Å². The van der Waals surface area contributed by atoms with Gasteiger partial charge in [-0.15, -0.1) is 0 Å². The van der Waals surface area contributed by atoms with Crippen molar-refractivity contribution in [2.75, 3.05) is 0 Å². The zero-order valence-corrected chi connectivity index (χ0v) is 17.4. The van der Waals surface area contributed by atoms with Crippen molar-refractivity contribution in [1.82, 2.24) is 0 Å². The third-order valence-corrected chi connectivity index (χ3v) is 5.21. The molecule has 2 nitrogen and oxygen atoms in total. The predicted octanol–water partition coefficient (Wildman–Crippen LogP) is 7.94. The molecular weight excluding hydrogens is 424 g/mol. The summed E-state index contributed by atoms with van der Waals surface area (Å²) in [5, 5.41) is 2.10. The highest BCUT2D eigenvalue weighted by Crippen LogP contribution is 2.35. The molecule has 0 heterocycles. The molecule has 0 bridgehead atoms. The van der Waals surface area contributed by atoms with Crippen molar-refractivity contribution < 1.29 is 4.74 Å². The average Bonchev–Trinajstić information content (AvgIpc) is 2.63. The number of nitrogens with zero attached hydrogens (tertiary/aromatic N) is 1. The topological polar surface area (TPSA) is 21.6 Å². The lowest BCUT2D eigenvalue weighted by atomic mass is 10.2. The van der Waals surface area contributed by atoms with Gasteiger partial charge in [0.25, 0.3) is 0 Å². The minimum atomic E-state index is 0.272. The number of aliphatic imine (C=N–C) groups is 1. The van der Waals surface area contributed by atoms with E-state index < -0.39 is 0 Å². The number of hydrogen-bond acceptors (Lipinski definition) is 2. The summed E-state index contributed by atoms with van der Waals surface area (Å²) in [7, 11) is 0. The van der Waals surface area contributed by atoms with Gasteiger partial charge in [-0.1, -0.05) is 70.7 Å². The second-order valence-electron chi connectivity index (χ2n) is 5.89. The van der Waals surface area contributed by atoms with Gasteiger partial charge >= 0.3 is 0 Å². The summed E-state index contributed by atoms with van der Waals surface area (Å²) in [6, 6.07) is 16.5. The molecule has 0 atom stereocenters. The van der Waals surface area contributed by atoms with Gasteiger partial charge in [-0.2, -0.15) is 0 Å². The SMILES string of the molecule is Cc1ccc(N=Cc2cc(Cl)c(OCc3ccccc3Cl)c(Cl)c2)cc1Cl. The summed E-state index contributed by atoms with van der Waals surface area (Å²) in [4.78, 5) is 4.41. The number of benzene rings is 3. The van der Waals surface area contributed by atoms with E-state index in [2.05, 4.69) is 4.99 Å². The van der Waals surface area contributed by atoms with Crippen LogP contribution in [0.3, 0.4) is 0 Å². The van der Waals surface area contributed by atoms with E-state index in [-0.39, 0.29) is 6.61 Å². The van der Waals surface area contributed by atoms with Gasteiger partial charge in [0.05, 0.1) is 15.7 Å². The molecule has 3 rings (SSSR count). The minimum absolute atomic E-state index is 0.272. The first-order chi connectivity index (χ1) is 12.9. The lowest BCUT2D eigenvalue weighted by molar-refractivity contribution is 0.306. The van der Waals surface area contributed by atoms with E-state index in [9.17, 15) is 0 Å². The molecule has 27 heavy (non-hydrogen) atoms. The van der Waals surface area contributed by atoms with Crippen molar-refractivity contribution in [2.24, 2.45) is 4.99 Å². The standard InChI is InChI=1S/C21H15Cl4NO/c1-13-6-7-16(10-18(13)23)26-11-14-8-19(24)21(20(25)9-14)27-12-15-4-2-3-5-17(15)22/h2-11H,12H2,1H3. The molecule has 0 radical (unpaired) electrons. The van der Waals surface area contributed by atoms with E-state index in [0.29, 0.717) is 25.8 Å². The van der Waals surface area contributed by atoms with E-state index in [4.69, 9.17) is 51.1 Å². The molecular formula is C21H15Cl4NO. The van der Waals surface area contributed by atoms with Gasteiger partial charge in [0.15, 0.2) is 5.75 Å². The monoisotopic (exact) mass is 437 g/mol. The summed E-state index contributed by atoms with van der Waals surface area (Å²) in [6.07, 6.45) is 1.68. The van der Waals surface area contributed by atoms with Gasteiger partial charge in [0.2, 0.25) is 0 Å². The van der Waals surface area contributed by atoms with E-state index in [1.54, 1.807) is 30.5 Å². The van der Waals surface area contributed by atoms with Crippen molar-refractivity contribution in [3.05, 3.63) is 91.4 Å². The first-order valence-corrected chi connectivity index (χ1v) is 9.60. The smallest absolute Gasteiger partial charge is 0.157 e. The Labute approximate surface area is 178 Å². The van der Waals surface area contributed by atoms with Crippen molar-refractivity contribution in [3.8, 4) is 5.75 Å². The van der Waals surface area contributed by atoms with Gasteiger partial charge in [0.1, 0.15) is 6.61 Å². The largest absolute Gasteiger partial charge is 0.486 e. The number of halogens is 4. The van der Waals surface area contributed by atoms with E-state index in [0.717, 1.165) is 22.4 Å². The maximum atomic E-state index is 6.34. The molecule has 3 aromatic carbocycles. The molecule has 0 aromatic heterocycles. The minimum Gasteiger partial charge on any atom is -0.486 e. The van der Waals surface area contributed by atoms with Crippen LogP contribution < -0.4 is 4.74 Å². The Balaban J connectivity index is 1.77. The Morgan fingerprint density at radius 2 is 1.56 bits per heavy atom. The summed E-state index contributed by atoms with van der Waals surface area (Å²) in [5.41, 5.74) is 3.36. The zero-order chi connectivity index (χ0) is 19.4. The number of rotatable bonds is 5. The molecule has 6 heteroatoms. The van der Waals surface area contributed by atoms with Gasteiger partial charge < -0.3 is 4.74 Å². The fourth-order valence-corrected chi connectivity index (χ4v) is 3.35. The molecule has 0 fully saturated rings. The van der Waals surface area contributed by atoms with E-state index in [1.165, 1.54) is 0 Å². The van der Waals surface area contributed by atoms with Crippen LogP contribution >= 0.6 is 46.4 Å². The zero-order valence-electron chi connectivity index (χ0n) is 14.3. The van der Waals surface area contributed by atoms with Gasteiger partial charge in [-0.3, -0.25) is 4.99 Å². The third-order valence-electron chi connectivity index (χ3n) is 3.87. The van der Waals surface area contributed by atoms with Gasteiger partial charge in [-0.05, 0) is 48.4 Å². The van der Waals surface area contributed by atoms with Gasteiger partial charge in [0, 0.05) is 21.8 Å². The Kier molecular flexibility index (Phi) is 6.67. The molecule has 0 saturated heterocycles. The number of hydrogen-bond donors (Lipinski definition) is 0. The van der Waals surface area contributed by atoms with Crippen molar-refractivity contribution >= 4 is 58.3 Å². The number of aryl methyl sites for hydroxylation is 1. The Morgan fingerprint density at radius 1 is 0.852 bits per heavy atom. The van der Waals surface area contributed by atoms with Crippen LogP contribution in [0.2, 0.25) is 20.1 Å². The van der Waals surface area contributed by atoms with Crippen molar-refractivity contribution in [2.45, 2.75) is 13.5 Å². The summed E-state index contributed by atoms with van der Waals surface area (Å²) in [5.74, 6) is 0.411. The fraction of sp³-hybridized carbons (Fsp3) is 0.0952.